The van der Waals surface area contributed by atoms with E-state index in [-0.39, 0.29) is 125 Å². The van der Waals surface area contributed by atoms with Crippen molar-refractivity contribution in [3.63, 3.8) is 0 Å². The van der Waals surface area contributed by atoms with Gasteiger partial charge in [-0.1, -0.05) is 178 Å². The summed E-state index contributed by atoms with van der Waals surface area (Å²) in [4.78, 5) is 38.6. The SMILES string of the molecule is CC(=O)O[C@@H]1[C@@H]([C@@]2(C)CC[C@H](C)C[C@@H]2CCO[Si](C)(C)C(C)(C)C)CC[C@@]2(C)[C@H]1CCC21OCCO1.C[C@H]1CC[C@@]2(C)C(CC(=O)C3[C@@H]2CC[C@@]2(C)[C@H]3CCC23OCCO3)C1.C[C@H]1CC[C@@]2(C)C(CC(=O)OC3[C@@H]2CC[C@@]2(C)[C@H]3CCC23OCCO3)C1.C[C@H]1CC[C@](C)([C@H]2CC[C@@]3(C)[C@@H](CCC34OCCO4)[C@@H]2O)[C@@H](CCO)C1.C[C@H]1CC[C@](C)([C@H]2CC[C@@]3(C)[C@@H](CCC34OCCO4)[C@@H]2O)[C@@H](CCO[Si](C)(C)C(C)(C)C)C1. The maximum atomic E-state index is 13.3. The van der Waals surface area contributed by atoms with E-state index in [1.54, 1.807) is 6.92 Å². The number of ketones is 1. The van der Waals surface area contributed by atoms with Gasteiger partial charge in [0.25, 0.3) is 0 Å². The van der Waals surface area contributed by atoms with Crippen LogP contribution in [-0.2, 0) is 80.1 Å². The number of carbonyl (C=O) groups excluding carboxylic acids is 3. The number of fused-ring (bicyclic) bond motifs is 18. The molecule has 0 amide bonds. The number of esters is 2. The average molecular weight is 2080 g/mol. The van der Waals surface area contributed by atoms with Crippen molar-refractivity contribution in [1.29, 1.82) is 0 Å². The van der Waals surface area contributed by atoms with Crippen molar-refractivity contribution in [3.05, 3.63) is 0 Å². The van der Waals surface area contributed by atoms with Gasteiger partial charge in [-0.05, 0) is 338 Å². The Kier molecular flexibility index (Phi) is 32.8. The van der Waals surface area contributed by atoms with Crippen LogP contribution >= 0.6 is 0 Å². The largest absolute Gasteiger partial charge is 0.462 e. The van der Waals surface area contributed by atoms with Gasteiger partial charge in [0.15, 0.2) is 45.6 Å². The fraction of sp³-hybridized carbons (Fsp3) is 0.976. The van der Waals surface area contributed by atoms with E-state index in [9.17, 15) is 29.7 Å². The van der Waals surface area contributed by atoms with Crippen LogP contribution in [-0.4, -0.2) is 189 Å². The van der Waals surface area contributed by atoms with Gasteiger partial charge in [-0.25, -0.2) is 0 Å². The van der Waals surface area contributed by atoms with Gasteiger partial charge >= 0.3 is 11.9 Å². The Balaban J connectivity index is 0.000000120. The summed E-state index contributed by atoms with van der Waals surface area (Å²) in [6, 6.07) is 0. The second kappa shape index (κ2) is 41.9. The molecule has 6 heterocycles. The maximum absolute atomic E-state index is 13.3. The highest BCUT2D eigenvalue weighted by Gasteiger charge is 2.75. The van der Waals surface area contributed by atoms with Crippen molar-refractivity contribution in [2.45, 2.75) is 499 Å². The molecule has 22 aliphatic rings. The molecule has 0 radical (unpaired) electrons. The summed E-state index contributed by atoms with van der Waals surface area (Å²) < 4.78 is 88.0. The van der Waals surface area contributed by atoms with Gasteiger partial charge < -0.3 is 81.0 Å². The first kappa shape index (κ1) is 114. The predicted molar refractivity (Wildman–Crippen MR) is 576 cm³/mol. The Morgan fingerprint density at radius 1 is 0.342 bits per heavy atom. The molecule has 146 heavy (non-hydrogen) atoms. The molecule has 22 rings (SSSR count). The van der Waals surface area contributed by atoms with Crippen LogP contribution in [0.3, 0.4) is 0 Å². The third-order valence-corrected chi connectivity index (χ3v) is 60.1. The molecule has 0 aromatic rings. The quantitative estimate of drug-likeness (QED) is 0.108. The van der Waals surface area contributed by atoms with Crippen LogP contribution in [0, 0.1) is 178 Å². The maximum Gasteiger partial charge on any atom is 0.306 e. The Morgan fingerprint density at radius 2 is 0.630 bits per heavy atom. The zero-order valence-corrected chi connectivity index (χ0v) is 99.2. The van der Waals surface area contributed by atoms with E-state index in [1.807, 2.05) is 0 Å². The van der Waals surface area contributed by atoms with Gasteiger partial charge in [-0.2, -0.15) is 0 Å². The molecule has 0 aromatic carbocycles. The monoisotopic (exact) mass is 2080 g/mol. The fourth-order valence-electron chi connectivity index (χ4n) is 39.4. The van der Waals surface area contributed by atoms with Crippen LogP contribution in [0.4, 0.5) is 0 Å². The van der Waals surface area contributed by atoms with Crippen molar-refractivity contribution >= 4 is 34.4 Å². The van der Waals surface area contributed by atoms with Crippen LogP contribution in [0.5, 0.6) is 0 Å². The van der Waals surface area contributed by atoms with Gasteiger partial charge in [0.2, 0.25) is 0 Å². The highest BCUT2D eigenvalue weighted by molar-refractivity contribution is 6.74. The molecule has 22 heteroatoms. The number of Topliss-reactive ketones (excluding diaryl/α,β-unsaturated/α-hetero) is 1. The third-order valence-electron chi connectivity index (χ3n) is 51.1. The van der Waals surface area contributed by atoms with E-state index in [0.29, 0.717) is 147 Å². The van der Waals surface area contributed by atoms with Gasteiger partial charge in [0.05, 0.1) is 78.3 Å². The van der Waals surface area contributed by atoms with E-state index in [2.05, 4.69) is 172 Å². The van der Waals surface area contributed by atoms with Crippen LogP contribution < -0.4 is 0 Å². The van der Waals surface area contributed by atoms with Crippen molar-refractivity contribution in [3.8, 4) is 0 Å². The molecular formula is C124H212O20Si2. The molecule has 0 aromatic heterocycles. The summed E-state index contributed by atoms with van der Waals surface area (Å²) in [5.74, 6) is 9.07. The Labute approximate surface area is 887 Å². The second-order valence-electron chi connectivity index (χ2n) is 59.9. The van der Waals surface area contributed by atoms with Crippen LogP contribution in [0.1, 0.15) is 409 Å². The van der Waals surface area contributed by atoms with Crippen molar-refractivity contribution in [2.75, 3.05) is 85.9 Å². The Morgan fingerprint density at radius 3 is 1.01 bits per heavy atom. The molecule has 22 fully saturated rings. The third kappa shape index (κ3) is 19.4. The molecule has 35 atom stereocenters. The summed E-state index contributed by atoms with van der Waals surface area (Å²) in [5, 5.41) is 33.5. The van der Waals surface area contributed by atoms with Crippen LogP contribution in [0.25, 0.3) is 0 Å². The number of hydrogen-bond acceptors (Lipinski definition) is 20. The second-order valence-corrected chi connectivity index (χ2v) is 69.5. The number of hydrogen-bond donors (Lipinski definition) is 3. The highest BCUT2D eigenvalue weighted by Crippen LogP contribution is 2.75. The highest BCUT2D eigenvalue weighted by atomic mass is 28.4. The van der Waals surface area contributed by atoms with E-state index in [1.165, 1.54) is 109 Å². The molecular weight excluding hydrogens is 1870 g/mol. The summed E-state index contributed by atoms with van der Waals surface area (Å²) in [7, 11) is -3.50. The molecule has 16 saturated carbocycles. The molecule has 20 nitrogen and oxygen atoms in total. The number of rotatable bonds is 14. The lowest BCUT2D eigenvalue weighted by atomic mass is 9.44. The smallest absolute Gasteiger partial charge is 0.306 e. The molecule has 6 aliphatic heterocycles. The van der Waals surface area contributed by atoms with Crippen molar-refractivity contribution < 1.29 is 95.4 Å². The zero-order valence-electron chi connectivity index (χ0n) is 97.2. The van der Waals surface area contributed by atoms with E-state index < -0.39 is 39.8 Å². The fourth-order valence-corrected chi connectivity index (χ4v) is 41.5. The Bertz CT molecular complexity index is 4460. The molecule has 0 bridgehead atoms. The minimum Gasteiger partial charge on any atom is -0.462 e. The normalized spacial score (nSPS) is 47.7. The number of aliphatic hydroxyl groups is 3. The minimum atomic E-state index is -1.77. The molecule has 5 spiro atoms. The molecule has 16 aliphatic carbocycles. The minimum absolute atomic E-state index is 0.0247. The van der Waals surface area contributed by atoms with E-state index >= 15 is 0 Å². The van der Waals surface area contributed by atoms with Crippen LogP contribution in [0.15, 0.2) is 0 Å². The standard InChI is InChI=1S/C30H54O5Si.C28H52O4Si.C22H34O4.C22H38O4.C22H34O3/c1-21-10-14-28(6,23(20-21)13-17-34-36(8,9)27(3,4)5)24-11-15-29(7)25(26(24)35-22(2)31)12-16-30(29)32-18-19-33-30;1-20-9-13-26(5,21(19-20)12-16-32-33(7,8)25(2,3)4)22-10-14-27(6)23(24(22)29)11-15-28(27)30-17-18-31-28;1-14-4-7-20(2)15(12-14)13-18(23)26-19-16(20)5-8-21(3)17(19)6-9-22(21)24-10-11-25-22;1-15-4-8-20(2,16(14-15)7-11-23)17-5-9-21(3)18(19(17)24)6-10-22(21)25-12-13-26-22;1-14-4-7-20(2)15(12-14)13-18(23)19-16(20)5-8-21(3)17(19)6-9-22(21)24-10-11-25-22/h21,23-26H,10-20H2,1-9H3;20-24,29H,9-19H2,1-8H3;14-17,19H,4-13H2,1-3H3;15-19,23-24H,4-14H2,1-3H3;14-17,19H,4-13H2,1-3H3/t21-,23-,24-,25-,26+,28-,29-;20-,21-,22-,23-,24+,26-,27-;14-,15?,16-,17-,19?,20-,21-;15-,16-,17-,18-,19+,20-,21-;14-,15?,16-,17-,19?,20-,21-/m00000/s1. The first-order valence-corrected chi connectivity index (χ1v) is 66.9. The van der Waals surface area contributed by atoms with Crippen LogP contribution in [0.2, 0.25) is 36.3 Å². The first-order valence-electron chi connectivity index (χ1n) is 61.1. The number of ether oxygens (including phenoxy) is 12. The first-order chi connectivity index (χ1) is 68.5. The van der Waals surface area contributed by atoms with E-state index in [0.717, 1.165) is 197 Å². The van der Waals surface area contributed by atoms with Gasteiger partial charge in [0.1, 0.15) is 18.0 Å². The summed E-state index contributed by atoms with van der Waals surface area (Å²) in [6.07, 6.45) is 43.9. The summed E-state index contributed by atoms with van der Waals surface area (Å²) in [6.45, 7) is 70.0. The summed E-state index contributed by atoms with van der Waals surface area (Å²) >= 11 is 0. The lowest BCUT2D eigenvalue weighted by Gasteiger charge is -2.60. The lowest BCUT2D eigenvalue weighted by molar-refractivity contribution is -0.252. The lowest BCUT2D eigenvalue weighted by Crippen LogP contribution is -2.59. The molecule has 6 saturated heterocycles. The number of carbonyl (C=O) groups is 3. The average Bonchev–Trinajstić information content (AvgIpc) is 1.61. The topological polar surface area (TPSA) is 241 Å². The predicted octanol–water partition coefficient (Wildman–Crippen LogP) is 26.8. The van der Waals surface area contributed by atoms with Crippen molar-refractivity contribution in [1.82, 2.24) is 0 Å². The Hall–Kier alpha value is -1.56. The van der Waals surface area contributed by atoms with Gasteiger partial charge in [0, 0.05) is 128 Å². The van der Waals surface area contributed by atoms with Crippen molar-refractivity contribution in [2.24, 2.45) is 178 Å². The molecule has 4 unspecified atom stereocenters. The zero-order chi connectivity index (χ0) is 105. The van der Waals surface area contributed by atoms with Gasteiger partial charge in [-0.15, -0.1) is 0 Å². The number of aliphatic hydroxyl groups excluding tert-OH is 3. The van der Waals surface area contributed by atoms with Gasteiger partial charge in [-0.3, -0.25) is 14.4 Å². The van der Waals surface area contributed by atoms with E-state index in [4.69, 9.17) is 65.7 Å². The summed E-state index contributed by atoms with van der Waals surface area (Å²) in [5.41, 5.74) is 0.909. The molecule has 836 valence electrons. The molecule has 3 N–H and O–H groups in total.